The minimum Gasteiger partial charge on any atom is -0.493 e. The van der Waals surface area contributed by atoms with Gasteiger partial charge < -0.3 is 14.2 Å². The Bertz CT molecular complexity index is 647. The van der Waals surface area contributed by atoms with Crippen LogP contribution in [0.3, 0.4) is 0 Å². The lowest BCUT2D eigenvalue weighted by Gasteiger charge is -2.36. The number of carbonyl (C=O) groups is 2. The molecule has 25 heavy (non-hydrogen) atoms. The summed E-state index contributed by atoms with van der Waals surface area (Å²) >= 11 is 0. The van der Waals surface area contributed by atoms with E-state index in [1.165, 1.54) is 14.2 Å². The van der Waals surface area contributed by atoms with Gasteiger partial charge in [-0.1, -0.05) is 24.6 Å². The SMILES string of the molecule is COC(=O)CC1COc2ccc(C)cc2C1C(C)C(=O)OC.O=C=O. The van der Waals surface area contributed by atoms with E-state index in [2.05, 4.69) is 0 Å². The predicted octanol–water partition coefficient (Wildman–Crippen LogP) is 1.88. The Morgan fingerprint density at radius 3 is 2.48 bits per heavy atom. The topological polar surface area (TPSA) is 96.0 Å². The van der Waals surface area contributed by atoms with Crippen molar-refractivity contribution in [1.82, 2.24) is 0 Å². The summed E-state index contributed by atoms with van der Waals surface area (Å²) in [4.78, 5) is 39.9. The van der Waals surface area contributed by atoms with Gasteiger partial charge >= 0.3 is 18.1 Å². The molecule has 0 saturated heterocycles. The first-order valence-electron chi connectivity index (χ1n) is 7.76. The molecule has 0 N–H and O–H groups in total. The van der Waals surface area contributed by atoms with E-state index in [9.17, 15) is 9.59 Å². The molecule has 1 aromatic carbocycles. The molecule has 0 spiro atoms. The number of ether oxygens (including phenoxy) is 3. The number of hydrogen-bond donors (Lipinski definition) is 0. The fraction of sp³-hybridized carbons (Fsp3) is 0.500. The lowest BCUT2D eigenvalue weighted by atomic mass is 9.74. The average Bonchev–Trinajstić information content (AvgIpc) is 2.60. The summed E-state index contributed by atoms with van der Waals surface area (Å²) in [5.41, 5.74) is 2.04. The first kappa shape index (κ1) is 20.4. The Kier molecular flexibility index (Phi) is 7.82. The van der Waals surface area contributed by atoms with Crippen LogP contribution in [0.15, 0.2) is 18.2 Å². The molecule has 0 amide bonds. The molecule has 7 nitrogen and oxygen atoms in total. The van der Waals surface area contributed by atoms with Gasteiger partial charge in [0, 0.05) is 11.8 Å². The second-order valence-corrected chi connectivity index (χ2v) is 5.81. The van der Waals surface area contributed by atoms with Gasteiger partial charge in [-0.3, -0.25) is 9.59 Å². The number of hydrogen-bond acceptors (Lipinski definition) is 7. The first-order valence-corrected chi connectivity index (χ1v) is 7.76. The van der Waals surface area contributed by atoms with E-state index in [1.54, 1.807) is 0 Å². The van der Waals surface area contributed by atoms with Crippen LogP contribution in [0.25, 0.3) is 0 Å². The highest BCUT2D eigenvalue weighted by atomic mass is 16.5. The molecular formula is C18H22O7. The fourth-order valence-corrected chi connectivity index (χ4v) is 3.11. The molecule has 1 heterocycles. The second-order valence-electron chi connectivity index (χ2n) is 5.81. The van der Waals surface area contributed by atoms with Gasteiger partial charge in [0.1, 0.15) is 5.75 Å². The van der Waals surface area contributed by atoms with Crippen molar-refractivity contribution < 1.29 is 33.4 Å². The van der Waals surface area contributed by atoms with E-state index < -0.39 is 0 Å². The highest BCUT2D eigenvalue weighted by Gasteiger charge is 2.39. The average molecular weight is 350 g/mol. The highest BCUT2D eigenvalue weighted by molar-refractivity contribution is 5.74. The molecule has 0 saturated carbocycles. The molecule has 0 aromatic heterocycles. The molecule has 3 unspecified atom stereocenters. The van der Waals surface area contributed by atoms with Crippen molar-refractivity contribution in [1.29, 1.82) is 0 Å². The molecule has 136 valence electrons. The summed E-state index contributed by atoms with van der Waals surface area (Å²) in [5.74, 6) is -0.413. The molecule has 1 aliphatic rings. The normalized spacial score (nSPS) is 19.0. The summed E-state index contributed by atoms with van der Waals surface area (Å²) in [6.45, 7) is 4.21. The molecule has 7 heteroatoms. The van der Waals surface area contributed by atoms with E-state index in [0.717, 1.165) is 16.9 Å². The molecule has 0 aliphatic carbocycles. The van der Waals surface area contributed by atoms with Crippen LogP contribution in [0.5, 0.6) is 5.75 Å². The molecule has 3 atom stereocenters. The van der Waals surface area contributed by atoms with Crippen LogP contribution in [0, 0.1) is 18.8 Å². The van der Waals surface area contributed by atoms with Crippen LogP contribution in [0.1, 0.15) is 30.4 Å². The van der Waals surface area contributed by atoms with Gasteiger partial charge in [0.05, 0.1) is 33.2 Å². The van der Waals surface area contributed by atoms with Gasteiger partial charge in [0.25, 0.3) is 0 Å². The van der Waals surface area contributed by atoms with E-state index in [4.69, 9.17) is 23.8 Å². The van der Waals surface area contributed by atoms with Crippen molar-refractivity contribution in [2.75, 3.05) is 20.8 Å². The minimum absolute atomic E-state index is 0.115. The summed E-state index contributed by atoms with van der Waals surface area (Å²) < 4.78 is 15.4. The zero-order chi connectivity index (χ0) is 19.0. The van der Waals surface area contributed by atoms with Crippen molar-refractivity contribution in [3.05, 3.63) is 29.3 Å². The minimum atomic E-state index is -0.357. The van der Waals surface area contributed by atoms with Crippen LogP contribution < -0.4 is 4.74 Å². The van der Waals surface area contributed by atoms with Crippen LogP contribution in [0.4, 0.5) is 0 Å². The van der Waals surface area contributed by atoms with Gasteiger partial charge in [0.15, 0.2) is 0 Å². The third-order valence-corrected chi connectivity index (χ3v) is 4.25. The Labute approximate surface area is 146 Å². The fourth-order valence-electron chi connectivity index (χ4n) is 3.11. The summed E-state index contributed by atoms with van der Waals surface area (Å²) in [6.07, 6.45) is 0.468. The van der Waals surface area contributed by atoms with Crippen molar-refractivity contribution >= 4 is 18.1 Å². The van der Waals surface area contributed by atoms with Crippen LogP contribution >= 0.6 is 0 Å². The number of aryl methyl sites for hydroxylation is 1. The maximum absolute atomic E-state index is 12.0. The van der Waals surface area contributed by atoms with Crippen molar-refractivity contribution in [3.8, 4) is 5.75 Å². The number of carbonyl (C=O) groups excluding carboxylic acids is 4. The predicted molar refractivity (Wildman–Crippen MR) is 85.7 cm³/mol. The third-order valence-electron chi connectivity index (χ3n) is 4.25. The van der Waals surface area contributed by atoms with E-state index in [1.807, 2.05) is 32.0 Å². The zero-order valence-electron chi connectivity index (χ0n) is 14.7. The first-order chi connectivity index (χ1) is 11.9. The Balaban J connectivity index is 0.000000970. The van der Waals surface area contributed by atoms with Gasteiger partial charge in [-0.05, 0) is 18.6 Å². The molecule has 2 rings (SSSR count). The number of fused-ring (bicyclic) bond motifs is 1. The van der Waals surface area contributed by atoms with Crippen molar-refractivity contribution in [3.63, 3.8) is 0 Å². The van der Waals surface area contributed by atoms with Crippen molar-refractivity contribution in [2.24, 2.45) is 11.8 Å². The Hall–Kier alpha value is -2.66. The quantitative estimate of drug-likeness (QED) is 0.765. The largest absolute Gasteiger partial charge is 0.493 e. The van der Waals surface area contributed by atoms with E-state index >= 15 is 0 Å². The molecule has 1 aliphatic heterocycles. The summed E-state index contributed by atoms with van der Waals surface area (Å²) in [7, 11) is 2.74. The molecular weight excluding hydrogens is 328 g/mol. The van der Waals surface area contributed by atoms with Gasteiger partial charge in [-0.2, -0.15) is 9.59 Å². The van der Waals surface area contributed by atoms with Gasteiger partial charge in [-0.25, -0.2) is 0 Å². The highest BCUT2D eigenvalue weighted by Crippen LogP contribution is 2.43. The Morgan fingerprint density at radius 2 is 1.92 bits per heavy atom. The standard InChI is InChI=1S/C17H22O5.CO2/c1-10-5-6-14-13(7-10)16(11(2)17(19)21-4)12(9-22-14)8-15(18)20-3;2-1-3/h5-7,11-12,16H,8-9H2,1-4H3;. The number of benzene rings is 1. The summed E-state index contributed by atoms with van der Waals surface area (Å²) in [6, 6.07) is 5.90. The third kappa shape index (κ3) is 5.16. The van der Waals surface area contributed by atoms with Gasteiger partial charge in [-0.15, -0.1) is 0 Å². The maximum atomic E-state index is 12.0. The maximum Gasteiger partial charge on any atom is 0.373 e. The van der Waals surface area contributed by atoms with Crippen LogP contribution in [-0.4, -0.2) is 38.9 Å². The number of methoxy groups -OCH3 is 2. The molecule has 0 fully saturated rings. The Morgan fingerprint density at radius 1 is 1.28 bits per heavy atom. The number of esters is 2. The van der Waals surface area contributed by atoms with E-state index in [0.29, 0.717) is 6.61 Å². The van der Waals surface area contributed by atoms with Crippen LogP contribution in [0.2, 0.25) is 0 Å². The molecule has 1 aromatic rings. The lowest BCUT2D eigenvalue weighted by molar-refractivity contribution is -0.191. The lowest BCUT2D eigenvalue weighted by Crippen LogP contribution is -2.35. The molecule has 0 radical (unpaired) electrons. The van der Waals surface area contributed by atoms with Gasteiger partial charge in [0.2, 0.25) is 0 Å². The smallest absolute Gasteiger partial charge is 0.373 e. The molecule has 0 bridgehead atoms. The van der Waals surface area contributed by atoms with E-state index in [-0.39, 0.29) is 42.3 Å². The second kappa shape index (κ2) is 9.59. The number of rotatable bonds is 4. The van der Waals surface area contributed by atoms with Crippen LogP contribution in [-0.2, 0) is 28.7 Å². The zero-order valence-corrected chi connectivity index (χ0v) is 14.7. The monoisotopic (exact) mass is 350 g/mol. The van der Waals surface area contributed by atoms with Crippen molar-refractivity contribution in [2.45, 2.75) is 26.2 Å². The summed E-state index contributed by atoms with van der Waals surface area (Å²) in [5, 5.41) is 0.